The summed E-state index contributed by atoms with van der Waals surface area (Å²) in [5.41, 5.74) is 3.42. The van der Waals surface area contributed by atoms with Crippen molar-refractivity contribution in [2.45, 2.75) is 47.6 Å². The van der Waals surface area contributed by atoms with Gasteiger partial charge in [-0.25, -0.2) is 4.98 Å². The molecule has 2 aromatic rings. The van der Waals surface area contributed by atoms with Crippen LogP contribution in [-0.2, 0) is 13.0 Å². The predicted molar refractivity (Wildman–Crippen MR) is 121 cm³/mol. The number of rotatable bonds is 7. The Hall–Kier alpha value is -1.16. The van der Waals surface area contributed by atoms with E-state index < -0.39 is 0 Å². The standard InChI is InChI=1S/C18H30N6S.HI/c1-12(11-24-14(3)9-13(2)23-24)10-21-18(19-6)20-8-7-17-22-15(4)16(5)25-17;/h9,12H,7-8,10-11H2,1-6H3,(H2,19,20,21);1H. The lowest BCUT2D eigenvalue weighted by atomic mass is 10.2. The number of hydrogen-bond acceptors (Lipinski definition) is 4. The average molecular weight is 490 g/mol. The number of nitrogens with zero attached hydrogens (tertiary/aromatic N) is 4. The molecule has 0 radical (unpaired) electrons. The van der Waals surface area contributed by atoms with Gasteiger partial charge >= 0.3 is 0 Å². The van der Waals surface area contributed by atoms with E-state index in [2.05, 4.69) is 64.2 Å². The molecule has 2 aromatic heterocycles. The molecule has 2 rings (SSSR count). The molecule has 2 N–H and O–H groups in total. The van der Waals surface area contributed by atoms with E-state index in [1.807, 2.05) is 6.92 Å². The SMILES string of the molecule is CN=C(NCCc1nc(C)c(C)s1)NCC(C)Cn1nc(C)cc1C.I. The number of aliphatic imine (C=N–C) groups is 1. The monoisotopic (exact) mass is 490 g/mol. The smallest absolute Gasteiger partial charge is 0.191 e. The number of nitrogens with one attached hydrogen (secondary N) is 2. The molecule has 1 unspecified atom stereocenters. The summed E-state index contributed by atoms with van der Waals surface area (Å²) in [6, 6.07) is 2.11. The molecule has 0 aromatic carbocycles. The Balaban J connectivity index is 0.00000338. The molecular formula is C18H31IN6S. The van der Waals surface area contributed by atoms with Crippen LogP contribution in [0.15, 0.2) is 11.1 Å². The lowest BCUT2D eigenvalue weighted by Crippen LogP contribution is -2.40. The van der Waals surface area contributed by atoms with Crippen molar-refractivity contribution in [3.05, 3.63) is 33.0 Å². The van der Waals surface area contributed by atoms with E-state index in [1.165, 1.54) is 15.6 Å². The van der Waals surface area contributed by atoms with Crippen LogP contribution >= 0.6 is 35.3 Å². The second kappa shape index (κ2) is 10.9. The molecule has 0 saturated heterocycles. The number of guanidine groups is 1. The van der Waals surface area contributed by atoms with Crippen molar-refractivity contribution in [2.24, 2.45) is 10.9 Å². The molecular weight excluding hydrogens is 459 g/mol. The third-order valence-electron chi connectivity index (χ3n) is 4.13. The minimum atomic E-state index is 0. The van der Waals surface area contributed by atoms with Crippen molar-refractivity contribution < 1.29 is 0 Å². The highest BCUT2D eigenvalue weighted by atomic mass is 127. The van der Waals surface area contributed by atoms with Gasteiger partial charge in [-0.05, 0) is 39.7 Å². The minimum absolute atomic E-state index is 0. The third kappa shape index (κ3) is 6.86. The maximum Gasteiger partial charge on any atom is 0.191 e. The van der Waals surface area contributed by atoms with E-state index in [0.717, 1.165) is 43.4 Å². The van der Waals surface area contributed by atoms with Crippen molar-refractivity contribution in [3.8, 4) is 0 Å². The van der Waals surface area contributed by atoms with Gasteiger partial charge in [0.1, 0.15) is 0 Å². The summed E-state index contributed by atoms with van der Waals surface area (Å²) in [6.07, 6.45) is 0.918. The van der Waals surface area contributed by atoms with Crippen LogP contribution in [-0.4, -0.2) is 40.9 Å². The minimum Gasteiger partial charge on any atom is -0.356 e. The lowest BCUT2D eigenvalue weighted by Gasteiger charge is -2.16. The topological polar surface area (TPSA) is 67.1 Å². The van der Waals surface area contributed by atoms with Crippen LogP contribution in [0.1, 0.15) is 33.9 Å². The van der Waals surface area contributed by atoms with E-state index >= 15 is 0 Å². The molecule has 0 fully saturated rings. The summed E-state index contributed by atoms with van der Waals surface area (Å²) in [6.45, 7) is 13.1. The first kappa shape index (κ1) is 22.9. The zero-order valence-electron chi connectivity index (χ0n) is 16.6. The molecule has 8 heteroatoms. The molecule has 0 aliphatic rings. The molecule has 0 amide bonds. The average Bonchev–Trinajstić information content (AvgIpc) is 3.04. The zero-order chi connectivity index (χ0) is 18.4. The third-order valence-corrected chi connectivity index (χ3v) is 5.27. The van der Waals surface area contributed by atoms with Gasteiger partial charge < -0.3 is 10.6 Å². The first-order valence-corrected chi connectivity index (χ1v) is 9.59. The second-order valence-corrected chi connectivity index (χ2v) is 7.88. The molecule has 0 saturated carbocycles. The largest absolute Gasteiger partial charge is 0.356 e. The van der Waals surface area contributed by atoms with Gasteiger partial charge in [-0.15, -0.1) is 35.3 Å². The van der Waals surface area contributed by atoms with Crippen molar-refractivity contribution in [2.75, 3.05) is 20.1 Å². The summed E-state index contributed by atoms with van der Waals surface area (Å²) in [5.74, 6) is 1.30. The first-order chi connectivity index (χ1) is 11.9. The summed E-state index contributed by atoms with van der Waals surface area (Å²) < 4.78 is 2.07. The highest BCUT2D eigenvalue weighted by Gasteiger charge is 2.09. The summed E-state index contributed by atoms with van der Waals surface area (Å²) >= 11 is 1.78. The second-order valence-electron chi connectivity index (χ2n) is 6.59. The first-order valence-electron chi connectivity index (χ1n) is 8.77. The molecule has 0 bridgehead atoms. The molecule has 1 atom stereocenters. The van der Waals surface area contributed by atoms with Gasteiger partial charge in [-0.3, -0.25) is 9.67 Å². The van der Waals surface area contributed by atoms with E-state index in [-0.39, 0.29) is 24.0 Å². The van der Waals surface area contributed by atoms with Crippen LogP contribution in [0.5, 0.6) is 0 Å². The Morgan fingerprint density at radius 3 is 2.54 bits per heavy atom. The highest BCUT2D eigenvalue weighted by molar-refractivity contribution is 14.0. The number of aryl methyl sites for hydroxylation is 4. The van der Waals surface area contributed by atoms with Gasteiger partial charge in [0.25, 0.3) is 0 Å². The van der Waals surface area contributed by atoms with E-state index in [0.29, 0.717) is 5.92 Å². The molecule has 2 heterocycles. The maximum atomic E-state index is 4.57. The van der Waals surface area contributed by atoms with Crippen LogP contribution in [0.3, 0.4) is 0 Å². The molecule has 6 nitrogen and oxygen atoms in total. The van der Waals surface area contributed by atoms with Crippen LogP contribution in [0, 0.1) is 33.6 Å². The maximum absolute atomic E-state index is 4.57. The van der Waals surface area contributed by atoms with Gasteiger partial charge in [0.05, 0.1) is 16.4 Å². The molecule has 0 spiro atoms. The zero-order valence-corrected chi connectivity index (χ0v) is 19.7. The molecule has 26 heavy (non-hydrogen) atoms. The summed E-state index contributed by atoms with van der Waals surface area (Å²) in [5, 5.41) is 12.5. The molecule has 146 valence electrons. The van der Waals surface area contributed by atoms with Gasteiger partial charge in [0, 0.05) is 43.7 Å². The number of hydrogen-bond donors (Lipinski definition) is 2. The van der Waals surface area contributed by atoms with Crippen molar-refractivity contribution in [1.29, 1.82) is 0 Å². The quantitative estimate of drug-likeness (QED) is 0.355. The fourth-order valence-electron chi connectivity index (χ4n) is 2.64. The Bertz CT molecular complexity index is 702. The van der Waals surface area contributed by atoms with Crippen LogP contribution in [0.25, 0.3) is 0 Å². The van der Waals surface area contributed by atoms with E-state index in [4.69, 9.17) is 0 Å². The number of thiazole rings is 1. The Kier molecular flexibility index (Phi) is 9.56. The Labute approximate surface area is 177 Å². The number of halogens is 1. The summed E-state index contributed by atoms with van der Waals surface area (Å²) in [4.78, 5) is 10.2. The van der Waals surface area contributed by atoms with Crippen molar-refractivity contribution >= 4 is 41.3 Å². The van der Waals surface area contributed by atoms with Crippen LogP contribution in [0.4, 0.5) is 0 Å². The van der Waals surface area contributed by atoms with Crippen molar-refractivity contribution in [3.63, 3.8) is 0 Å². The molecule has 0 aliphatic heterocycles. The van der Waals surface area contributed by atoms with Gasteiger partial charge in [-0.2, -0.15) is 5.10 Å². The van der Waals surface area contributed by atoms with Crippen molar-refractivity contribution in [1.82, 2.24) is 25.4 Å². The Morgan fingerprint density at radius 2 is 2.00 bits per heavy atom. The van der Waals surface area contributed by atoms with Crippen LogP contribution in [0.2, 0.25) is 0 Å². The Morgan fingerprint density at radius 1 is 1.27 bits per heavy atom. The lowest BCUT2D eigenvalue weighted by molar-refractivity contribution is 0.436. The molecule has 0 aliphatic carbocycles. The number of aromatic nitrogens is 3. The van der Waals surface area contributed by atoms with Gasteiger partial charge in [-0.1, -0.05) is 6.92 Å². The predicted octanol–water partition coefficient (Wildman–Crippen LogP) is 3.24. The van der Waals surface area contributed by atoms with E-state index in [1.54, 1.807) is 18.4 Å². The summed E-state index contributed by atoms with van der Waals surface area (Å²) in [7, 11) is 1.80. The fraction of sp³-hybridized carbons (Fsp3) is 0.611. The normalized spacial score (nSPS) is 12.6. The van der Waals surface area contributed by atoms with E-state index in [9.17, 15) is 0 Å². The van der Waals surface area contributed by atoms with Gasteiger partial charge in [0.15, 0.2) is 5.96 Å². The fourth-order valence-corrected chi connectivity index (χ4v) is 3.58. The van der Waals surface area contributed by atoms with Gasteiger partial charge in [0.2, 0.25) is 0 Å². The highest BCUT2D eigenvalue weighted by Crippen LogP contribution is 2.16. The van der Waals surface area contributed by atoms with Crippen LogP contribution < -0.4 is 10.6 Å².